The molecule has 0 saturated carbocycles. The molecule has 3 rings (SSSR count). The molecule has 0 aliphatic carbocycles. The van der Waals surface area contributed by atoms with Crippen molar-refractivity contribution >= 4 is 29.9 Å². The third-order valence-corrected chi connectivity index (χ3v) is 5.08. The quantitative estimate of drug-likeness (QED) is 0.366. The number of guanidine groups is 1. The first-order chi connectivity index (χ1) is 13.6. The van der Waals surface area contributed by atoms with Crippen molar-refractivity contribution in [1.82, 2.24) is 10.2 Å². The number of phenolic OH excluding ortho intramolecular Hbond substituents is 1. The second kappa shape index (κ2) is 11.3. The Hall–Kier alpha value is -2.00. The highest BCUT2D eigenvalue weighted by Crippen LogP contribution is 2.25. The van der Waals surface area contributed by atoms with Crippen LogP contribution < -0.4 is 10.1 Å². The number of nitrogens with zero attached hydrogens (tertiary/aromatic N) is 2. The van der Waals surface area contributed by atoms with Gasteiger partial charge in [0, 0.05) is 26.2 Å². The number of nitrogens with one attached hydrogen (secondary N) is 1. The fraction of sp³-hybridized carbons (Fsp3) is 0.409. The summed E-state index contributed by atoms with van der Waals surface area (Å²) in [6.45, 7) is 5.03. The predicted molar refractivity (Wildman–Crippen MR) is 127 cm³/mol. The van der Waals surface area contributed by atoms with Gasteiger partial charge < -0.3 is 24.8 Å². The summed E-state index contributed by atoms with van der Waals surface area (Å²) in [5.74, 6) is 1.76. The van der Waals surface area contributed by atoms with Crippen molar-refractivity contribution in [3.8, 4) is 11.5 Å². The molecule has 6 nitrogen and oxygen atoms in total. The molecule has 1 heterocycles. The van der Waals surface area contributed by atoms with E-state index in [1.165, 1.54) is 11.1 Å². The van der Waals surface area contributed by atoms with Gasteiger partial charge in [-0.3, -0.25) is 4.99 Å². The lowest BCUT2D eigenvalue weighted by Gasteiger charge is -2.35. The number of benzene rings is 2. The van der Waals surface area contributed by atoms with Gasteiger partial charge in [-0.2, -0.15) is 0 Å². The number of rotatable bonds is 5. The van der Waals surface area contributed by atoms with Crippen molar-refractivity contribution in [2.45, 2.75) is 19.4 Å². The second-order valence-corrected chi connectivity index (χ2v) is 6.88. The number of ether oxygens (including phenoxy) is 2. The highest BCUT2D eigenvalue weighted by atomic mass is 127. The summed E-state index contributed by atoms with van der Waals surface area (Å²) in [4.78, 5) is 6.67. The van der Waals surface area contributed by atoms with Gasteiger partial charge in [-0.25, -0.2) is 0 Å². The number of morpholine rings is 1. The van der Waals surface area contributed by atoms with Crippen molar-refractivity contribution in [3.05, 3.63) is 59.2 Å². The van der Waals surface area contributed by atoms with Crippen molar-refractivity contribution in [3.63, 3.8) is 0 Å². The molecule has 0 bridgehead atoms. The van der Waals surface area contributed by atoms with Crippen molar-refractivity contribution in [2.24, 2.45) is 4.99 Å². The average Bonchev–Trinajstić information content (AvgIpc) is 2.72. The molecule has 2 aromatic rings. The Bertz CT molecular complexity index is 829. The molecule has 7 heteroatoms. The number of aryl methyl sites for hydroxylation is 1. The van der Waals surface area contributed by atoms with E-state index in [9.17, 15) is 5.11 Å². The van der Waals surface area contributed by atoms with Crippen LogP contribution in [0.15, 0.2) is 47.5 Å². The molecule has 1 atom stereocenters. The number of methoxy groups -OCH3 is 1. The van der Waals surface area contributed by atoms with E-state index in [2.05, 4.69) is 46.4 Å². The van der Waals surface area contributed by atoms with Gasteiger partial charge in [0.15, 0.2) is 5.96 Å². The maximum absolute atomic E-state index is 10.1. The van der Waals surface area contributed by atoms with Crippen LogP contribution in [0.4, 0.5) is 0 Å². The van der Waals surface area contributed by atoms with Crippen LogP contribution in [0.1, 0.15) is 22.8 Å². The maximum Gasteiger partial charge on any atom is 0.193 e. The van der Waals surface area contributed by atoms with Gasteiger partial charge in [-0.05, 0) is 36.1 Å². The lowest BCUT2D eigenvalue weighted by molar-refractivity contribution is -0.00829. The molecule has 1 unspecified atom stereocenters. The summed E-state index contributed by atoms with van der Waals surface area (Å²) in [6, 6.07) is 13.7. The van der Waals surface area contributed by atoms with Crippen LogP contribution >= 0.6 is 24.0 Å². The SMILES string of the molecule is CN=C(NCCc1ccc(OC)cc1O)N1CCOC(c2ccccc2C)C1.I. The van der Waals surface area contributed by atoms with E-state index in [0.29, 0.717) is 25.3 Å². The van der Waals surface area contributed by atoms with E-state index < -0.39 is 0 Å². The lowest BCUT2D eigenvalue weighted by Crippen LogP contribution is -2.48. The molecule has 2 N–H and O–H groups in total. The Kier molecular flexibility index (Phi) is 9.03. The zero-order valence-electron chi connectivity index (χ0n) is 17.2. The number of hydrogen-bond acceptors (Lipinski definition) is 4. The van der Waals surface area contributed by atoms with Gasteiger partial charge >= 0.3 is 0 Å². The zero-order chi connectivity index (χ0) is 19.9. The number of aromatic hydroxyl groups is 1. The summed E-state index contributed by atoms with van der Waals surface area (Å²) < 4.78 is 11.1. The summed E-state index contributed by atoms with van der Waals surface area (Å²) in [6.07, 6.45) is 0.736. The van der Waals surface area contributed by atoms with Gasteiger partial charge in [0.05, 0.1) is 20.3 Å². The van der Waals surface area contributed by atoms with E-state index in [1.54, 1.807) is 20.2 Å². The van der Waals surface area contributed by atoms with Gasteiger partial charge in [0.2, 0.25) is 0 Å². The number of aliphatic imine (C=N–C) groups is 1. The molecule has 158 valence electrons. The van der Waals surface area contributed by atoms with Crippen LogP contribution in [-0.2, 0) is 11.2 Å². The summed E-state index contributed by atoms with van der Waals surface area (Å²) >= 11 is 0. The third-order valence-electron chi connectivity index (χ3n) is 5.08. The first-order valence-electron chi connectivity index (χ1n) is 9.61. The number of phenols is 1. The van der Waals surface area contributed by atoms with Gasteiger partial charge in [-0.1, -0.05) is 30.3 Å². The Balaban J connectivity index is 0.00000300. The van der Waals surface area contributed by atoms with E-state index >= 15 is 0 Å². The van der Waals surface area contributed by atoms with E-state index in [0.717, 1.165) is 24.6 Å². The van der Waals surface area contributed by atoms with Crippen LogP contribution in [0.2, 0.25) is 0 Å². The van der Waals surface area contributed by atoms with E-state index in [4.69, 9.17) is 9.47 Å². The van der Waals surface area contributed by atoms with Gasteiger partial charge in [-0.15, -0.1) is 24.0 Å². The largest absolute Gasteiger partial charge is 0.508 e. The zero-order valence-corrected chi connectivity index (χ0v) is 19.6. The molecule has 2 aromatic carbocycles. The fourth-order valence-corrected chi connectivity index (χ4v) is 3.50. The minimum Gasteiger partial charge on any atom is -0.508 e. The second-order valence-electron chi connectivity index (χ2n) is 6.88. The predicted octanol–water partition coefficient (Wildman–Crippen LogP) is 3.52. The van der Waals surface area contributed by atoms with Crippen LogP contribution in [0, 0.1) is 6.92 Å². The Morgan fingerprint density at radius 1 is 1.31 bits per heavy atom. The molecule has 0 aromatic heterocycles. The fourth-order valence-electron chi connectivity index (χ4n) is 3.50. The van der Waals surface area contributed by atoms with E-state index in [1.807, 2.05) is 12.1 Å². The van der Waals surface area contributed by atoms with Crippen molar-refractivity contribution in [1.29, 1.82) is 0 Å². The highest BCUT2D eigenvalue weighted by molar-refractivity contribution is 14.0. The first-order valence-corrected chi connectivity index (χ1v) is 9.61. The third kappa shape index (κ3) is 5.99. The normalized spacial score (nSPS) is 16.9. The molecule has 1 aliphatic rings. The van der Waals surface area contributed by atoms with E-state index in [-0.39, 0.29) is 35.8 Å². The molecule has 29 heavy (non-hydrogen) atoms. The molecule has 1 fully saturated rings. The maximum atomic E-state index is 10.1. The monoisotopic (exact) mass is 511 g/mol. The number of hydrogen-bond donors (Lipinski definition) is 2. The summed E-state index contributed by atoms with van der Waals surface area (Å²) in [7, 11) is 3.39. The van der Waals surface area contributed by atoms with Gasteiger partial charge in [0.1, 0.15) is 17.6 Å². The molecule has 0 radical (unpaired) electrons. The van der Waals surface area contributed by atoms with Crippen molar-refractivity contribution < 1.29 is 14.6 Å². The Morgan fingerprint density at radius 2 is 2.10 bits per heavy atom. The smallest absolute Gasteiger partial charge is 0.193 e. The standard InChI is InChI=1S/C22H29N3O3.HI/c1-16-6-4-5-7-19(16)21-15-25(12-13-28-21)22(23-2)24-11-10-17-8-9-18(27-3)14-20(17)26;/h4-9,14,21,26H,10-13,15H2,1-3H3,(H,23,24);1H. The van der Waals surface area contributed by atoms with Crippen LogP contribution in [-0.4, -0.2) is 56.4 Å². The highest BCUT2D eigenvalue weighted by Gasteiger charge is 2.25. The molecule has 0 amide bonds. The summed E-state index contributed by atoms with van der Waals surface area (Å²) in [5, 5.41) is 13.5. The molecule has 1 saturated heterocycles. The summed E-state index contributed by atoms with van der Waals surface area (Å²) in [5.41, 5.74) is 3.35. The number of halogens is 1. The molecular formula is C22H30IN3O3. The van der Waals surface area contributed by atoms with Crippen molar-refractivity contribution in [2.75, 3.05) is 40.4 Å². The Labute approximate surface area is 190 Å². The van der Waals surface area contributed by atoms with Crippen LogP contribution in [0.5, 0.6) is 11.5 Å². The minimum atomic E-state index is 0. The Morgan fingerprint density at radius 3 is 2.79 bits per heavy atom. The topological polar surface area (TPSA) is 66.3 Å². The molecular weight excluding hydrogens is 481 g/mol. The molecule has 0 spiro atoms. The minimum absolute atomic E-state index is 0. The average molecular weight is 511 g/mol. The first kappa shape index (κ1) is 23.3. The molecule has 1 aliphatic heterocycles. The van der Waals surface area contributed by atoms with Gasteiger partial charge in [0.25, 0.3) is 0 Å². The lowest BCUT2D eigenvalue weighted by atomic mass is 10.0. The van der Waals surface area contributed by atoms with Crippen LogP contribution in [0.3, 0.4) is 0 Å². The van der Waals surface area contributed by atoms with Crippen LogP contribution in [0.25, 0.3) is 0 Å².